The van der Waals surface area contributed by atoms with Gasteiger partial charge in [0.2, 0.25) is 17.7 Å². The number of aromatic nitrogens is 4. The number of anilines is 2. The van der Waals surface area contributed by atoms with Crippen LogP contribution in [-0.2, 0) is 35.1 Å². The molecule has 294 valence electrons. The number of aromatic hydroxyl groups is 1. The van der Waals surface area contributed by atoms with Gasteiger partial charge in [-0.15, -0.1) is 6.42 Å². The van der Waals surface area contributed by atoms with Gasteiger partial charge in [0, 0.05) is 37.3 Å². The third-order valence-corrected chi connectivity index (χ3v) is 7.33. The first-order valence-corrected chi connectivity index (χ1v) is 17.5. The lowest BCUT2D eigenvalue weighted by molar-refractivity contribution is -0.157. The minimum atomic E-state index is -1.07. The number of terminal acetylenes is 1. The first kappa shape index (κ1) is 43.2. The summed E-state index contributed by atoms with van der Waals surface area (Å²) in [5.74, 6) is 0.588. The average molecular weight is 754 g/mol. The van der Waals surface area contributed by atoms with Crippen molar-refractivity contribution in [2.24, 2.45) is 0 Å². The molecule has 3 rings (SSSR count). The first-order chi connectivity index (χ1) is 25.9. The number of carbonyl (C=O) groups is 3. The number of nitrogen functional groups attached to an aromatic ring is 1. The standard InChI is InChI=1S/C36H51N9O9/c1-5-13-45(14-16-46)15-18-52-20-22-53-21-19-51-17-12-38-29(47)11-10-28(34(50)54-36(2,3)4)42-32(48)25-6-8-26(9-7-25)39-23-27-24-40-31-30(41-27)33(49)44-35(37)43-31/h1,6-9,24,28,39,46H,10-23H2,2-4H3,(H,38,47)(H,42,48)(H3,37,40,43,44,49)/t28-/m0/s1. The molecule has 0 saturated carbocycles. The number of hydrogen-bond acceptors (Lipinski definition) is 16. The monoisotopic (exact) mass is 753 g/mol. The summed E-state index contributed by atoms with van der Waals surface area (Å²) in [6.45, 7) is 9.53. The van der Waals surface area contributed by atoms with Crippen LogP contribution >= 0.6 is 0 Å². The van der Waals surface area contributed by atoms with Gasteiger partial charge in [0.1, 0.15) is 11.6 Å². The molecule has 7 N–H and O–H groups in total. The molecule has 2 aromatic heterocycles. The van der Waals surface area contributed by atoms with Crippen molar-refractivity contribution in [2.75, 3.05) is 83.5 Å². The highest BCUT2D eigenvalue weighted by atomic mass is 16.6. The molecule has 18 heteroatoms. The Hall–Kier alpha value is -5.19. The van der Waals surface area contributed by atoms with Gasteiger partial charge in [0.25, 0.3) is 5.91 Å². The van der Waals surface area contributed by atoms with E-state index in [-0.39, 0.29) is 68.0 Å². The van der Waals surface area contributed by atoms with Crippen LogP contribution in [0.3, 0.4) is 0 Å². The number of nitrogens with zero attached hydrogens (tertiary/aromatic N) is 5. The zero-order valence-corrected chi connectivity index (χ0v) is 31.0. The minimum Gasteiger partial charge on any atom is -0.492 e. The Kier molecular flexibility index (Phi) is 18.2. The number of fused-ring (bicyclic) bond motifs is 1. The van der Waals surface area contributed by atoms with E-state index in [1.54, 1.807) is 45.0 Å². The molecule has 1 atom stereocenters. The molecular weight excluding hydrogens is 702 g/mol. The molecule has 0 fully saturated rings. The van der Waals surface area contributed by atoms with Gasteiger partial charge < -0.3 is 50.8 Å². The fraction of sp³-hybridized carbons (Fsp3) is 0.528. The van der Waals surface area contributed by atoms with Crippen LogP contribution < -0.4 is 21.7 Å². The van der Waals surface area contributed by atoms with Gasteiger partial charge in [-0.1, -0.05) is 5.92 Å². The number of aliphatic hydroxyl groups is 1. The van der Waals surface area contributed by atoms with Crippen molar-refractivity contribution in [3.8, 4) is 18.2 Å². The van der Waals surface area contributed by atoms with Gasteiger partial charge >= 0.3 is 5.97 Å². The Bertz CT molecular complexity index is 1680. The summed E-state index contributed by atoms with van der Waals surface area (Å²) >= 11 is 0. The highest BCUT2D eigenvalue weighted by Crippen LogP contribution is 2.19. The lowest BCUT2D eigenvalue weighted by atomic mass is 10.1. The topological polar surface area (TPSA) is 246 Å². The van der Waals surface area contributed by atoms with E-state index in [9.17, 15) is 19.5 Å². The van der Waals surface area contributed by atoms with Crippen LogP contribution in [0.4, 0.5) is 11.6 Å². The molecule has 0 aliphatic rings. The Morgan fingerprint density at radius 1 is 0.981 bits per heavy atom. The molecule has 3 aromatic rings. The second-order valence-electron chi connectivity index (χ2n) is 12.9. The van der Waals surface area contributed by atoms with Crippen molar-refractivity contribution < 1.29 is 43.5 Å². The quantitative estimate of drug-likeness (QED) is 0.0417. The van der Waals surface area contributed by atoms with Gasteiger partial charge in [-0.3, -0.25) is 14.5 Å². The van der Waals surface area contributed by atoms with Crippen LogP contribution in [0.5, 0.6) is 5.88 Å². The zero-order valence-electron chi connectivity index (χ0n) is 31.0. The number of aliphatic hydroxyl groups excluding tert-OH is 1. The maximum absolute atomic E-state index is 13.1. The molecule has 18 nitrogen and oxygen atoms in total. The van der Waals surface area contributed by atoms with Gasteiger partial charge in [-0.05, 0) is 51.5 Å². The van der Waals surface area contributed by atoms with Crippen LogP contribution in [0.25, 0.3) is 11.2 Å². The third-order valence-electron chi connectivity index (χ3n) is 7.33. The molecular formula is C36H51N9O9. The molecule has 2 heterocycles. The molecule has 0 unspecified atom stereocenters. The number of nitrogens with one attached hydrogen (secondary N) is 3. The summed E-state index contributed by atoms with van der Waals surface area (Å²) in [4.78, 5) is 56.7. The van der Waals surface area contributed by atoms with E-state index in [1.165, 1.54) is 6.20 Å². The van der Waals surface area contributed by atoms with E-state index in [2.05, 4.69) is 41.8 Å². The maximum atomic E-state index is 13.1. The minimum absolute atomic E-state index is 0.0201. The van der Waals surface area contributed by atoms with Crippen molar-refractivity contribution in [3.05, 3.63) is 41.7 Å². The number of benzene rings is 1. The predicted molar refractivity (Wildman–Crippen MR) is 199 cm³/mol. The van der Waals surface area contributed by atoms with Crippen LogP contribution in [0.1, 0.15) is 49.7 Å². The van der Waals surface area contributed by atoms with E-state index in [4.69, 9.17) is 36.2 Å². The number of carbonyl (C=O) groups excluding carboxylic acids is 3. The SMILES string of the molecule is C#CCN(CCO)CCOCCOCCOCCNC(=O)CC[C@H](NC(=O)c1ccc(NCc2cnc3nc(N)nc(O)c3n2)cc1)C(=O)OC(C)(C)C. The lowest BCUT2D eigenvalue weighted by Crippen LogP contribution is -2.45. The normalized spacial score (nSPS) is 11.9. The van der Waals surface area contributed by atoms with E-state index >= 15 is 0 Å². The molecule has 2 amide bonds. The lowest BCUT2D eigenvalue weighted by Gasteiger charge is -2.24. The summed E-state index contributed by atoms with van der Waals surface area (Å²) < 4.78 is 22.0. The van der Waals surface area contributed by atoms with Crippen molar-refractivity contribution in [1.82, 2.24) is 35.5 Å². The summed E-state index contributed by atoms with van der Waals surface area (Å²) in [5.41, 5.74) is 6.49. The van der Waals surface area contributed by atoms with E-state index in [1.807, 2.05) is 4.90 Å². The fourth-order valence-electron chi connectivity index (χ4n) is 4.73. The molecule has 54 heavy (non-hydrogen) atoms. The predicted octanol–water partition coefficient (Wildman–Crippen LogP) is 0.634. The van der Waals surface area contributed by atoms with Crippen molar-refractivity contribution in [3.63, 3.8) is 0 Å². The van der Waals surface area contributed by atoms with Crippen molar-refractivity contribution in [2.45, 2.75) is 51.8 Å². The van der Waals surface area contributed by atoms with Crippen LogP contribution in [-0.4, -0.2) is 137 Å². The van der Waals surface area contributed by atoms with Crippen LogP contribution in [0.15, 0.2) is 30.5 Å². The molecule has 0 aliphatic heterocycles. The van der Waals surface area contributed by atoms with Crippen molar-refractivity contribution >= 4 is 40.6 Å². The zero-order chi connectivity index (χ0) is 39.3. The summed E-state index contributed by atoms with van der Waals surface area (Å²) in [7, 11) is 0. The van der Waals surface area contributed by atoms with Gasteiger partial charge in [0.05, 0.1) is 71.2 Å². The second-order valence-corrected chi connectivity index (χ2v) is 12.9. The Balaban J connectivity index is 1.37. The van der Waals surface area contributed by atoms with Crippen molar-refractivity contribution in [1.29, 1.82) is 0 Å². The summed E-state index contributed by atoms with van der Waals surface area (Å²) in [6.07, 6.45) is 6.79. The first-order valence-electron chi connectivity index (χ1n) is 17.5. The van der Waals surface area contributed by atoms with Crippen LogP contribution in [0, 0.1) is 12.3 Å². The molecule has 0 saturated heterocycles. The molecule has 0 bridgehead atoms. The van der Waals surface area contributed by atoms with E-state index in [0.717, 1.165) is 0 Å². The number of amides is 2. The Morgan fingerprint density at radius 2 is 1.67 bits per heavy atom. The highest BCUT2D eigenvalue weighted by Gasteiger charge is 2.27. The Morgan fingerprint density at radius 3 is 2.33 bits per heavy atom. The molecule has 0 spiro atoms. The molecule has 0 radical (unpaired) electrons. The largest absolute Gasteiger partial charge is 0.492 e. The second kappa shape index (κ2) is 22.8. The van der Waals surface area contributed by atoms with E-state index in [0.29, 0.717) is 69.6 Å². The third kappa shape index (κ3) is 16.2. The fourth-order valence-corrected chi connectivity index (χ4v) is 4.73. The smallest absolute Gasteiger partial charge is 0.329 e. The molecule has 1 aromatic carbocycles. The average Bonchev–Trinajstić information content (AvgIpc) is 3.12. The highest BCUT2D eigenvalue weighted by molar-refractivity contribution is 5.97. The van der Waals surface area contributed by atoms with Crippen LogP contribution in [0.2, 0.25) is 0 Å². The number of hydrogen-bond donors (Lipinski definition) is 6. The van der Waals surface area contributed by atoms with E-state index < -0.39 is 23.5 Å². The number of esters is 1. The number of rotatable bonds is 24. The Labute approximate surface area is 314 Å². The number of nitrogens with two attached hydrogens (primary N) is 1. The van der Waals surface area contributed by atoms with Gasteiger partial charge in [-0.25, -0.2) is 14.8 Å². The summed E-state index contributed by atoms with van der Waals surface area (Å²) in [6, 6.07) is 5.47. The van der Waals surface area contributed by atoms with Gasteiger partial charge in [0.15, 0.2) is 11.2 Å². The summed E-state index contributed by atoms with van der Waals surface area (Å²) in [5, 5.41) is 27.7. The number of ether oxygens (including phenoxy) is 4. The van der Waals surface area contributed by atoms with Gasteiger partial charge in [-0.2, -0.15) is 9.97 Å². The molecule has 0 aliphatic carbocycles. The maximum Gasteiger partial charge on any atom is 0.329 e.